The van der Waals surface area contributed by atoms with Gasteiger partial charge in [0.05, 0.1) is 4.90 Å². The summed E-state index contributed by atoms with van der Waals surface area (Å²) in [6.07, 6.45) is 2.79. The Balaban J connectivity index is 1.71. The van der Waals surface area contributed by atoms with Crippen molar-refractivity contribution in [2.45, 2.75) is 35.4 Å². The zero-order valence-electron chi connectivity index (χ0n) is 12.6. The van der Waals surface area contributed by atoms with Crippen LogP contribution in [0.15, 0.2) is 59.5 Å². The Morgan fingerprint density at radius 2 is 1.61 bits per heavy atom. The third kappa shape index (κ3) is 4.07. The summed E-state index contributed by atoms with van der Waals surface area (Å²) >= 11 is 4.44. The van der Waals surface area contributed by atoms with Crippen LogP contribution in [-0.4, -0.2) is 19.7 Å². The van der Waals surface area contributed by atoms with Gasteiger partial charge in [-0.05, 0) is 49.2 Å². The minimum atomic E-state index is -3.52. The minimum Gasteiger partial charge on any atom is -0.457 e. The molecule has 0 heterocycles. The molecule has 0 aliphatic heterocycles. The monoisotopic (exact) mass is 349 g/mol. The van der Waals surface area contributed by atoms with Crippen molar-refractivity contribution in [3.05, 3.63) is 54.6 Å². The van der Waals surface area contributed by atoms with Crippen molar-refractivity contribution in [3.8, 4) is 11.5 Å². The summed E-state index contributed by atoms with van der Waals surface area (Å²) < 4.78 is 33.2. The van der Waals surface area contributed by atoms with Crippen molar-refractivity contribution in [1.82, 2.24) is 4.72 Å². The molecule has 6 heteroatoms. The Morgan fingerprint density at radius 1 is 0.957 bits per heavy atom. The van der Waals surface area contributed by atoms with Crippen LogP contribution in [0.5, 0.6) is 11.5 Å². The van der Waals surface area contributed by atoms with Gasteiger partial charge < -0.3 is 4.74 Å². The van der Waals surface area contributed by atoms with Gasteiger partial charge in [-0.15, -0.1) is 0 Å². The lowest BCUT2D eigenvalue weighted by atomic mass is 10.3. The Bertz CT molecular complexity index is 745. The number of hydrogen-bond donors (Lipinski definition) is 2. The van der Waals surface area contributed by atoms with Crippen LogP contribution in [0.1, 0.15) is 19.3 Å². The van der Waals surface area contributed by atoms with E-state index in [0.717, 1.165) is 19.3 Å². The first kappa shape index (κ1) is 16.4. The lowest BCUT2D eigenvalue weighted by Crippen LogP contribution is -2.37. The van der Waals surface area contributed by atoms with E-state index in [0.29, 0.717) is 11.5 Å². The van der Waals surface area contributed by atoms with E-state index in [1.807, 2.05) is 30.3 Å². The zero-order valence-corrected chi connectivity index (χ0v) is 14.3. The second kappa shape index (κ2) is 6.95. The fraction of sp³-hybridized carbons (Fsp3) is 0.294. The van der Waals surface area contributed by atoms with E-state index >= 15 is 0 Å². The van der Waals surface area contributed by atoms with Crippen LogP contribution in [0.3, 0.4) is 0 Å². The van der Waals surface area contributed by atoms with E-state index in [-0.39, 0.29) is 16.2 Å². The molecule has 0 spiro atoms. The molecule has 0 saturated heterocycles. The zero-order chi connectivity index (χ0) is 16.3. The van der Waals surface area contributed by atoms with Crippen molar-refractivity contribution in [2.75, 3.05) is 0 Å². The lowest BCUT2D eigenvalue weighted by molar-refractivity contribution is 0.482. The Labute approximate surface area is 142 Å². The molecule has 4 nitrogen and oxygen atoms in total. The van der Waals surface area contributed by atoms with Gasteiger partial charge in [-0.3, -0.25) is 0 Å². The molecule has 2 aromatic carbocycles. The summed E-state index contributed by atoms with van der Waals surface area (Å²) in [5, 5.41) is 0.0884. The molecule has 23 heavy (non-hydrogen) atoms. The second-order valence-corrected chi connectivity index (χ2v) is 7.99. The van der Waals surface area contributed by atoms with E-state index in [2.05, 4.69) is 17.4 Å². The number of thiol groups is 1. The summed E-state index contributed by atoms with van der Waals surface area (Å²) in [6, 6.07) is 15.7. The molecular weight excluding hydrogens is 330 g/mol. The smallest absolute Gasteiger partial charge is 0.240 e. The van der Waals surface area contributed by atoms with E-state index in [4.69, 9.17) is 4.74 Å². The second-order valence-electron chi connectivity index (χ2n) is 5.61. The molecule has 0 amide bonds. The molecule has 1 N–H and O–H groups in total. The summed E-state index contributed by atoms with van der Waals surface area (Å²) in [5.74, 6) is 1.31. The van der Waals surface area contributed by atoms with Gasteiger partial charge in [-0.1, -0.05) is 24.6 Å². The molecule has 1 aliphatic rings. The van der Waals surface area contributed by atoms with Gasteiger partial charge in [0.25, 0.3) is 0 Å². The highest BCUT2D eigenvalue weighted by atomic mass is 32.2. The number of sulfonamides is 1. The largest absolute Gasteiger partial charge is 0.457 e. The van der Waals surface area contributed by atoms with Crippen LogP contribution in [0, 0.1) is 0 Å². The van der Waals surface area contributed by atoms with Crippen molar-refractivity contribution in [1.29, 1.82) is 0 Å². The maximum absolute atomic E-state index is 12.4. The Hall–Kier alpha value is -1.50. The molecule has 3 rings (SSSR count). The molecule has 0 radical (unpaired) electrons. The Morgan fingerprint density at radius 3 is 2.22 bits per heavy atom. The third-order valence-electron chi connectivity index (χ3n) is 3.90. The van der Waals surface area contributed by atoms with Gasteiger partial charge in [0.2, 0.25) is 10.0 Å². The molecule has 0 bridgehead atoms. The van der Waals surface area contributed by atoms with Crippen molar-refractivity contribution in [2.24, 2.45) is 0 Å². The van der Waals surface area contributed by atoms with Crippen molar-refractivity contribution < 1.29 is 13.2 Å². The average Bonchev–Trinajstić information content (AvgIpc) is 2.93. The molecule has 2 aromatic rings. The SMILES string of the molecule is O=S(=O)(N[C@@H]1CCC[C@H]1S)c1ccc(Oc2ccccc2)cc1. The van der Waals surface area contributed by atoms with Crippen LogP contribution in [-0.2, 0) is 10.0 Å². The number of ether oxygens (including phenoxy) is 1. The topological polar surface area (TPSA) is 55.4 Å². The standard InChI is InChI=1S/C17H19NO3S2/c19-23(20,18-16-7-4-8-17(16)22)15-11-9-14(10-12-15)21-13-5-2-1-3-6-13/h1-3,5-6,9-12,16-18,22H,4,7-8H2/t16-,17-/m1/s1. The normalized spacial score (nSPS) is 21.3. The first-order valence-electron chi connectivity index (χ1n) is 7.58. The Kier molecular flexibility index (Phi) is 4.94. The summed E-state index contributed by atoms with van der Waals surface area (Å²) in [6.45, 7) is 0. The number of rotatable bonds is 5. The highest BCUT2D eigenvalue weighted by Crippen LogP contribution is 2.26. The maximum atomic E-state index is 12.4. The van der Waals surface area contributed by atoms with Crippen LogP contribution in [0.25, 0.3) is 0 Å². The highest BCUT2D eigenvalue weighted by Gasteiger charge is 2.28. The first-order chi connectivity index (χ1) is 11.0. The van der Waals surface area contributed by atoms with Crippen LogP contribution < -0.4 is 9.46 Å². The summed E-state index contributed by atoms with van der Waals surface area (Å²) in [4.78, 5) is 0.241. The molecule has 1 aliphatic carbocycles. The molecular formula is C17H19NO3S2. The van der Waals surface area contributed by atoms with Gasteiger partial charge in [-0.2, -0.15) is 12.6 Å². The summed E-state index contributed by atoms with van der Waals surface area (Å²) in [5.41, 5.74) is 0. The van der Waals surface area contributed by atoms with E-state index in [1.54, 1.807) is 24.3 Å². The van der Waals surface area contributed by atoms with Crippen molar-refractivity contribution >= 4 is 22.7 Å². The van der Waals surface area contributed by atoms with Gasteiger partial charge in [0.1, 0.15) is 11.5 Å². The van der Waals surface area contributed by atoms with E-state index in [1.165, 1.54) is 0 Å². The van der Waals surface area contributed by atoms with Gasteiger partial charge in [0, 0.05) is 11.3 Å². The fourth-order valence-electron chi connectivity index (χ4n) is 2.66. The predicted molar refractivity (Wildman–Crippen MR) is 93.7 cm³/mol. The van der Waals surface area contributed by atoms with Gasteiger partial charge >= 0.3 is 0 Å². The number of hydrogen-bond acceptors (Lipinski definition) is 4. The third-order valence-corrected chi connectivity index (χ3v) is 6.02. The highest BCUT2D eigenvalue weighted by molar-refractivity contribution is 7.89. The molecule has 0 aromatic heterocycles. The number of benzene rings is 2. The van der Waals surface area contributed by atoms with Crippen LogP contribution in [0.2, 0.25) is 0 Å². The maximum Gasteiger partial charge on any atom is 0.240 e. The summed E-state index contributed by atoms with van der Waals surface area (Å²) in [7, 11) is -3.52. The predicted octanol–water partition coefficient (Wildman–Crippen LogP) is 3.61. The minimum absolute atomic E-state index is 0.0884. The first-order valence-corrected chi connectivity index (χ1v) is 9.58. The van der Waals surface area contributed by atoms with Gasteiger partial charge in [0.15, 0.2) is 0 Å². The van der Waals surface area contributed by atoms with E-state index < -0.39 is 10.0 Å². The van der Waals surface area contributed by atoms with Crippen LogP contribution in [0.4, 0.5) is 0 Å². The molecule has 1 saturated carbocycles. The number of nitrogens with one attached hydrogen (secondary N) is 1. The quantitative estimate of drug-likeness (QED) is 0.811. The fourth-order valence-corrected chi connectivity index (χ4v) is 4.47. The molecule has 2 atom stereocenters. The molecule has 122 valence electrons. The number of para-hydroxylation sites is 1. The van der Waals surface area contributed by atoms with Crippen molar-refractivity contribution in [3.63, 3.8) is 0 Å². The lowest BCUT2D eigenvalue weighted by Gasteiger charge is -2.17. The molecule has 1 fully saturated rings. The molecule has 0 unspecified atom stereocenters. The van der Waals surface area contributed by atoms with Gasteiger partial charge in [-0.25, -0.2) is 13.1 Å². The van der Waals surface area contributed by atoms with E-state index in [9.17, 15) is 8.42 Å². The average molecular weight is 349 g/mol. The van der Waals surface area contributed by atoms with Crippen LogP contribution >= 0.6 is 12.6 Å².